The van der Waals surface area contributed by atoms with Crippen LogP contribution >= 0.6 is 0 Å². The zero-order chi connectivity index (χ0) is 10.4. The number of rotatable bonds is 3. The Morgan fingerprint density at radius 3 is 3.00 bits per heavy atom. The fourth-order valence-electron chi connectivity index (χ4n) is 0.900. The third-order valence-corrected chi connectivity index (χ3v) is 1.60. The molecule has 0 amide bonds. The summed E-state index contributed by atoms with van der Waals surface area (Å²) in [5, 5.41) is 3.34. The molecule has 1 heterocycles. The minimum atomic E-state index is 0.282. The number of pyridine rings is 1. The molecule has 0 aromatic carbocycles. The highest BCUT2D eigenvalue weighted by atomic mass is 15.1. The molecule has 1 rings (SSSR count). The molecule has 0 saturated heterocycles. The van der Waals surface area contributed by atoms with Crippen LogP contribution in [0.4, 0.5) is 11.4 Å². The topological polar surface area (TPSA) is 114 Å². The third-order valence-electron chi connectivity index (χ3n) is 1.60. The molecule has 6 heteroatoms. The van der Waals surface area contributed by atoms with Crippen molar-refractivity contribution >= 4 is 17.5 Å². The van der Waals surface area contributed by atoms with E-state index in [2.05, 4.69) is 15.0 Å². The van der Waals surface area contributed by atoms with Gasteiger partial charge in [-0.25, -0.2) is 0 Å². The Morgan fingerprint density at radius 1 is 1.50 bits per heavy atom. The van der Waals surface area contributed by atoms with Crippen molar-refractivity contribution in [2.75, 3.05) is 18.0 Å². The van der Waals surface area contributed by atoms with Crippen molar-refractivity contribution in [1.29, 1.82) is 0 Å². The Morgan fingerprint density at radius 2 is 2.29 bits per heavy atom. The minimum Gasteiger partial charge on any atom is -0.396 e. The number of nitrogens with zero attached hydrogens (tertiary/aromatic N) is 4. The second kappa shape index (κ2) is 4.74. The molecule has 14 heavy (non-hydrogen) atoms. The van der Waals surface area contributed by atoms with Crippen LogP contribution in [0.15, 0.2) is 23.6 Å². The van der Waals surface area contributed by atoms with E-state index >= 15 is 0 Å². The van der Waals surface area contributed by atoms with E-state index in [9.17, 15) is 0 Å². The van der Waals surface area contributed by atoms with Crippen LogP contribution in [0.1, 0.15) is 5.56 Å². The molecule has 1 aromatic rings. The number of nitrogens with two attached hydrogens (primary N) is 2. The predicted molar refractivity (Wildman–Crippen MR) is 56.1 cm³/mol. The van der Waals surface area contributed by atoms with Crippen molar-refractivity contribution in [1.82, 2.24) is 4.98 Å². The molecule has 6 nitrogen and oxygen atoms in total. The number of azide groups is 1. The molecule has 0 aliphatic rings. The number of hydrogen-bond donors (Lipinski definition) is 2. The van der Waals surface area contributed by atoms with Crippen molar-refractivity contribution in [3.05, 3.63) is 34.5 Å². The second-order valence-electron chi connectivity index (χ2n) is 2.55. The van der Waals surface area contributed by atoms with Crippen LogP contribution in [0.3, 0.4) is 0 Å². The fourth-order valence-corrected chi connectivity index (χ4v) is 0.900. The lowest BCUT2D eigenvalue weighted by Gasteiger charge is -2.01. The molecule has 0 fully saturated rings. The van der Waals surface area contributed by atoms with Gasteiger partial charge in [0.15, 0.2) is 0 Å². The van der Waals surface area contributed by atoms with Gasteiger partial charge in [0, 0.05) is 23.2 Å². The fraction of sp³-hybridized carbons (Fsp3) is 0.125. The number of nitrogen functional groups attached to an aromatic ring is 2. The van der Waals surface area contributed by atoms with Gasteiger partial charge < -0.3 is 11.5 Å². The molecular formula is C8H10N6. The van der Waals surface area contributed by atoms with Gasteiger partial charge in [0.2, 0.25) is 0 Å². The van der Waals surface area contributed by atoms with E-state index in [1.54, 1.807) is 18.3 Å². The lowest BCUT2D eigenvalue weighted by Crippen LogP contribution is -1.97. The highest BCUT2D eigenvalue weighted by Gasteiger charge is 1.98. The molecular weight excluding hydrogens is 180 g/mol. The van der Waals surface area contributed by atoms with E-state index in [0.29, 0.717) is 11.4 Å². The van der Waals surface area contributed by atoms with E-state index < -0.39 is 0 Å². The Balaban J connectivity index is 2.81. The first-order valence-electron chi connectivity index (χ1n) is 3.92. The normalized spacial score (nSPS) is 10.0. The molecule has 1 aromatic heterocycles. The van der Waals surface area contributed by atoms with Crippen LogP contribution in [0, 0.1) is 0 Å². The van der Waals surface area contributed by atoms with Gasteiger partial charge >= 0.3 is 0 Å². The van der Waals surface area contributed by atoms with Gasteiger partial charge in [-0.05, 0) is 5.53 Å². The molecule has 0 spiro atoms. The van der Waals surface area contributed by atoms with Gasteiger partial charge in [0.1, 0.15) is 0 Å². The number of anilines is 2. The maximum atomic E-state index is 8.03. The van der Waals surface area contributed by atoms with Gasteiger partial charge in [0.25, 0.3) is 0 Å². The van der Waals surface area contributed by atoms with Gasteiger partial charge in [-0.15, -0.1) is 0 Å². The molecule has 0 unspecified atom stereocenters. The molecule has 0 bridgehead atoms. The SMILES string of the molecule is [N-]=[N+]=NCC=Cc1cncc(N)c1N. The summed E-state index contributed by atoms with van der Waals surface area (Å²) >= 11 is 0. The molecule has 0 aliphatic carbocycles. The Labute approximate surface area is 80.9 Å². The molecule has 0 radical (unpaired) electrons. The van der Waals surface area contributed by atoms with Crippen LogP contribution in [0.5, 0.6) is 0 Å². The maximum Gasteiger partial charge on any atom is 0.0740 e. The third kappa shape index (κ3) is 2.40. The Bertz CT molecular complexity index is 391. The van der Waals surface area contributed by atoms with Crippen molar-refractivity contribution in [3.63, 3.8) is 0 Å². The molecule has 72 valence electrons. The van der Waals surface area contributed by atoms with E-state index in [1.165, 1.54) is 6.20 Å². The van der Waals surface area contributed by atoms with E-state index in [4.69, 9.17) is 17.0 Å². The lowest BCUT2D eigenvalue weighted by atomic mass is 10.2. The minimum absolute atomic E-state index is 0.282. The molecule has 0 aliphatic heterocycles. The number of hydrogen-bond acceptors (Lipinski definition) is 4. The van der Waals surface area contributed by atoms with Crippen molar-refractivity contribution in [2.24, 2.45) is 5.11 Å². The summed E-state index contributed by atoms with van der Waals surface area (Å²) in [6, 6.07) is 0. The van der Waals surface area contributed by atoms with E-state index in [1.807, 2.05) is 0 Å². The first kappa shape index (κ1) is 9.88. The summed E-state index contributed by atoms with van der Waals surface area (Å²) in [7, 11) is 0. The van der Waals surface area contributed by atoms with Gasteiger partial charge in [-0.3, -0.25) is 4.98 Å². The first-order chi connectivity index (χ1) is 6.75. The average molecular weight is 190 g/mol. The first-order valence-corrected chi connectivity index (χ1v) is 3.92. The zero-order valence-electron chi connectivity index (χ0n) is 7.46. The van der Waals surface area contributed by atoms with E-state index in [-0.39, 0.29) is 6.54 Å². The summed E-state index contributed by atoms with van der Waals surface area (Å²) in [6.45, 7) is 0.282. The summed E-state index contributed by atoms with van der Waals surface area (Å²) in [4.78, 5) is 6.49. The Kier molecular flexibility index (Phi) is 3.34. The van der Waals surface area contributed by atoms with Crippen molar-refractivity contribution < 1.29 is 0 Å². The molecule has 0 atom stereocenters. The van der Waals surface area contributed by atoms with Crippen LogP contribution in [0.2, 0.25) is 0 Å². The molecule has 0 saturated carbocycles. The van der Waals surface area contributed by atoms with Crippen LogP contribution < -0.4 is 11.5 Å². The average Bonchev–Trinajstić information content (AvgIpc) is 2.19. The van der Waals surface area contributed by atoms with Crippen molar-refractivity contribution in [3.8, 4) is 0 Å². The zero-order valence-corrected chi connectivity index (χ0v) is 7.46. The summed E-state index contributed by atoms with van der Waals surface area (Å²) in [6.07, 6.45) is 6.48. The standard InChI is InChI=1S/C8H10N6/c9-7-5-12-4-6(8(7)10)2-1-3-13-14-11/h1-2,4-5H,3,9H2,(H2,10,12). The smallest absolute Gasteiger partial charge is 0.0740 e. The van der Waals surface area contributed by atoms with Gasteiger partial charge in [-0.1, -0.05) is 17.3 Å². The Hall–Kier alpha value is -2.20. The van der Waals surface area contributed by atoms with Crippen LogP contribution in [-0.2, 0) is 0 Å². The highest BCUT2D eigenvalue weighted by Crippen LogP contribution is 2.18. The van der Waals surface area contributed by atoms with Crippen LogP contribution in [-0.4, -0.2) is 11.5 Å². The largest absolute Gasteiger partial charge is 0.396 e. The number of aromatic nitrogens is 1. The van der Waals surface area contributed by atoms with E-state index in [0.717, 1.165) is 5.56 Å². The molecule has 4 N–H and O–H groups in total. The summed E-state index contributed by atoms with van der Waals surface area (Å²) in [5.41, 5.74) is 20.9. The summed E-state index contributed by atoms with van der Waals surface area (Å²) in [5.74, 6) is 0. The van der Waals surface area contributed by atoms with Gasteiger partial charge in [0.05, 0.1) is 17.6 Å². The van der Waals surface area contributed by atoms with Gasteiger partial charge in [-0.2, -0.15) is 0 Å². The predicted octanol–water partition coefficient (Wildman–Crippen LogP) is 1.57. The summed E-state index contributed by atoms with van der Waals surface area (Å²) < 4.78 is 0. The quantitative estimate of drug-likeness (QED) is 0.428. The highest BCUT2D eigenvalue weighted by molar-refractivity contribution is 5.74. The maximum absolute atomic E-state index is 8.03. The lowest BCUT2D eigenvalue weighted by molar-refractivity contribution is 1.22. The van der Waals surface area contributed by atoms with Crippen molar-refractivity contribution in [2.45, 2.75) is 0 Å². The second-order valence-corrected chi connectivity index (χ2v) is 2.55. The monoisotopic (exact) mass is 190 g/mol. The van der Waals surface area contributed by atoms with Crippen LogP contribution in [0.25, 0.3) is 16.5 Å².